The predicted octanol–water partition coefficient (Wildman–Crippen LogP) is 4.43. The average molecular weight is 274 g/mol. The molecule has 0 aromatic carbocycles. The maximum Gasteiger partial charge on any atom is 0.333 e. The van der Waals surface area contributed by atoms with E-state index in [-0.39, 0.29) is 11.4 Å². The average Bonchev–Trinajstić information content (AvgIpc) is 2.92. The molecule has 0 spiro atoms. The van der Waals surface area contributed by atoms with E-state index in [0.717, 1.165) is 12.8 Å². The Morgan fingerprint density at radius 3 is 2.60 bits per heavy atom. The normalized spacial score (nSPS) is 32.8. The predicted molar refractivity (Wildman–Crippen MR) is 82.2 cm³/mol. The number of hydrogen-bond acceptors (Lipinski definition) is 2. The van der Waals surface area contributed by atoms with Crippen molar-refractivity contribution in [2.75, 3.05) is 6.61 Å². The van der Waals surface area contributed by atoms with Gasteiger partial charge in [0.15, 0.2) is 0 Å². The van der Waals surface area contributed by atoms with Crippen molar-refractivity contribution in [3.8, 4) is 0 Å². The second-order valence-corrected chi connectivity index (χ2v) is 6.46. The molecule has 3 atom stereocenters. The van der Waals surface area contributed by atoms with Crippen LogP contribution in [0.15, 0.2) is 34.9 Å². The highest BCUT2D eigenvalue weighted by atomic mass is 16.5. The minimum absolute atomic E-state index is 0.0683. The van der Waals surface area contributed by atoms with Gasteiger partial charge in [-0.05, 0) is 53.4 Å². The SMILES string of the molecule is C=C(C)[C@@]12CC(C[C@H]1COC(=O)/C(C)=C/C)C(C)=C2C. The monoisotopic (exact) mass is 274 g/mol. The molecule has 1 saturated carbocycles. The maximum absolute atomic E-state index is 11.8. The summed E-state index contributed by atoms with van der Waals surface area (Å²) in [4.78, 5) is 11.8. The Kier molecular flexibility index (Phi) is 3.95. The Balaban J connectivity index is 2.15. The van der Waals surface area contributed by atoms with Crippen molar-refractivity contribution < 1.29 is 9.53 Å². The molecule has 0 saturated heterocycles. The van der Waals surface area contributed by atoms with Gasteiger partial charge in [-0.15, -0.1) is 0 Å². The molecule has 0 N–H and O–H groups in total. The van der Waals surface area contributed by atoms with Gasteiger partial charge in [-0.2, -0.15) is 0 Å². The molecule has 0 amide bonds. The van der Waals surface area contributed by atoms with Gasteiger partial charge in [0.25, 0.3) is 0 Å². The molecule has 1 fully saturated rings. The van der Waals surface area contributed by atoms with Gasteiger partial charge in [0.05, 0.1) is 6.61 Å². The van der Waals surface area contributed by atoms with Crippen LogP contribution in [-0.2, 0) is 9.53 Å². The molecule has 1 unspecified atom stereocenters. The van der Waals surface area contributed by atoms with Crippen molar-refractivity contribution >= 4 is 5.97 Å². The molecular weight excluding hydrogens is 248 g/mol. The van der Waals surface area contributed by atoms with E-state index < -0.39 is 0 Å². The Hall–Kier alpha value is -1.31. The second-order valence-electron chi connectivity index (χ2n) is 6.46. The van der Waals surface area contributed by atoms with E-state index in [0.29, 0.717) is 24.0 Å². The third-order valence-electron chi connectivity index (χ3n) is 5.64. The summed E-state index contributed by atoms with van der Waals surface area (Å²) < 4.78 is 5.52. The summed E-state index contributed by atoms with van der Waals surface area (Å²) in [6, 6.07) is 0. The molecule has 2 bridgehead atoms. The molecule has 2 aliphatic carbocycles. The van der Waals surface area contributed by atoms with Gasteiger partial charge in [-0.1, -0.05) is 29.4 Å². The van der Waals surface area contributed by atoms with E-state index in [2.05, 4.69) is 27.4 Å². The van der Waals surface area contributed by atoms with Gasteiger partial charge in [-0.3, -0.25) is 0 Å². The van der Waals surface area contributed by atoms with Gasteiger partial charge < -0.3 is 4.74 Å². The molecule has 2 rings (SSSR count). The summed E-state index contributed by atoms with van der Waals surface area (Å²) in [5.74, 6) is 0.853. The molecule has 0 aromatic heterocycles. The molecule has 0 aromatic rings. The zero-order chi connectivity index (χ0) is 15.1. The van der Waals surface area contributed by atoms with E-state index >= 15 is 0 Å². The number of carbonyl (C=O) groups is 1. The van der Waals surface area contributed by atoms with Crippen molar-refractivity contribution in [3.05, 3.63) is 34.9 Å². The Morgan fingerprint density at radius 2 is 2.10 bits per heavy atom. The summed E-state index contributed by atoms with van der Waals surface area (Å²) in [5, 5.41) is 0. The van der Waals surface area contributed by atoms with Crippen molar-refractivity contribution in [2.24, 2.45) is 17.3 Å². The summed E-state index contributed by atoms with van der Waals surface area (Å²) >= 11 is 0. The highest BCUT2D eigenvalue weighted by Gasteiger charge is 2.54. The third kappa shape index (κ3) is 2.06. The number of ether oxygens (including phenoxy) is 1. The highest BCUT2D eigenvalue weighted by Crippen LogP contribution is 2.63. The smallest absolute Gasteiger partial charge is 0.333 e. The van der Waals surface area contributed by atoms with E-state index in [9.17, 15) is 4.79 Å². The highest BCUT2D eigenvalue weighted by molar-refractivity contribution is 5.87. The van der Waals surface area contributed by atoms with Gasteiger partial charge >= 0.3 is 5.97 Å². The van der Waals surface area contributed by atoms with Crippen LogP contribution in [0.2, 0.25) is 0 Å². The zero-order valence-electron chi connectivity index (χ0n) is 13.4. The lowest BCUT2D eigenvalue weighted by Crippen LogP contribution is -2.32. The molecule has 0 radical (unpaired) electrons. The number of rotatable bonds is 4. The lowest BCUT2D eigenvalue weighted by atomic mass is 9.68. The van der Waals surface area contributed by atoms with E-state index in [1.807, 2.05) is 6.92 Å². The molecule has 2 heteroatoms. The van der Waals surface area contributed by atoms with Gasteiger partial charge in [0.2, 0.25) is 0 Å². The first-order chi connectivity index (χ1) is 9.34. The number of allylic oxidation sites excluding steroid dienone is 4. The van der Waals surface area contributed by atoms with Crippen molar-refractivity contribution in [1.29, 1.82) is 0 Å². The molecule has 20 heavy (non-hydrogen) atoms. The first-order valence-electron chi connectivity index (χ1n) is 7.48. The van der Waals surface area contributed by atoms with Crippen LogP contribution in [0.5, 0.6) is 0 Å². The zero-order valence-corrected chi connectivity index (χ0v) is 13.4. The van der Waals surface area contributed by atoms with Crippen LogP contribution < -0.4 is 0 Å². The van der Waals surface area contributed by atoms with Crippen LogP contribution in [-0.4, -0.2) is 12.6 Å². The quantitative estimate of drug-likeness (QED) is 0.430. The van der Waals surface area contributed by atoms with Gasteiger partial charge in [-0.25, -0.2) is 4.79 Å². The minimum Gasteiger partial charge on any atom is -0.462 e. The molecule has 0 heterocycles. The van der Waals surface area contributed by atoms with Crippen LogP contribution in [0.3, 0.4) is 0 Å². The Labute approximate surface area is 122 Å². The van der Waals surface area contributed by atoms with Gasteiger partial charge in [0, 0.05) is 16.9 Å². The van der Waals surface area contributed by atoms with Crippen LogP contribution in [0.25, 0.3) is 0 Å². The number of carbonyl (C=O) groups excluding carboxylic acids is 1. The standard InChI is InChI=1S/C18H26O2/c1-7-12(4)17(19)20-10-16-8-15-9-18(16,11(2)3)14(6)13(15)5/h7,15-16H,2,8-10H2,1,3-6H3/b12-7+/t15?,16-,18+/m0/s1. The van der Waals surface area contributed by atoms with Crippen LogP contribution >= 0.6 is 0 Å². The van der Waals surface area contributed by atoms with Crippen LogP contribution in [0, 0.1) is 17.3 Å². The minimum atomic E-state index is -0.189. The fourth-order valence-corrected chi connectivity index (χ4v) is 4.09. The molecule has 110 valence electrons. The van der Waals surface area contributed by atoms with Gasteiger partial charge in [0.1, 0.15) is 0 Å². The fourth-order valence-electron chi connectivity index (χ4n) is 4.09. The van der Waals surface area contributed by atoms with Crippen LogP contribution in [0.4, 0.5) is 0 Å². The number of hydrogen-bond donors (Lipinski definition) is 0. The Morgan fingerprint density at radius 1 is 1.45 bits per heavy atom. The number of fused-ring (bicyclic) bond motifs is 2. The van der Waals surface area contributed by atoms with E-state index in [1.54, 1.807) is 13.0 Å². The van der Waals surface area contributed by atoms with Crippen LogP contribution in [0.1, 0.15) is 47.5 Å². The summed E-state index contributed by atoms with van der Waals surface area (Å²) in [6.07, 6.45) is 4.08. The summed E-state index contributed by atoms with van der Waals surface area (Å²) in [6.45, 7) is 15.0. The first kappa shape index (κ1) is 15.1. The van der Waals surface area contributed by atoms with Crippen molar-refractivity contribution in [1.82, 2.24) is 0 Å². The largest absolute Gasteiger partial charge is 0.462 e. The van der Waals surface area contributed by atoms with E-state index in [1.165, 1.54) is 16.7 Å². The lowest BCUT2D eigenvalue weighted by molar-refractivity contribution is -0.141. The topological polar surface area (TPSA) is 26.3 Å². The fraction of sp³-hybridized carbons (Fsp3) is 0.611. The summed E-state index contributed by atoms with van der Waals surface area (Å²) in [5.41, 5.74) is 4.96. The van der Waals surface area contributed by atoms with Crippen molar-refractivity contribution in [3.63, 3.8) is 0 Å². The number of esters is 1. The lowest BCUT2D eigenvalue weighted by Gasteiger charge is -2.37. The molecule has 2 nitrogen and oxygen atoms in total. The van der Waals surface area contributed by atoms with E-state index in [4.69, 9.17) is 4.74 Å². The Bertz CT molecular complexity index is 510. The molecule has 0 aliphatic heterocycles. The maximum atomic E-state index is 11.8. The van der Waals surface area contributed by atoms with Crippen molar-refractivity contribution in [2.45, 2.75) is 47.5 Å². The molecule has 2 aliphatic rings. The first-order valence-corrected chi connectivity index (χ1v) is 7.48. The summed E-state index contributed by atoms with van der Waals surface area (Å²) in [7, 11) is 0. The second kappa shape index (κ2) is 5.23. The third-order valence-corrected chi connectivity index (χ3v) is 5.64. The molecular formula is C18H26O2.